The average molecular weight is 235 g/mol. The van der Waals surface area contributed by atoms with E-state index in [4.69, 9.17) is 5.11 Å². The van der Waals surface area contributed by atoms with E-state index in [9.17, 15) is 9.59 Å². The van der Waals surface area contributed by atoms with Crippen molar-refractivity contribution in [2.75, 3.05) is 41.2 Å². The number of aliphatic hydroxyl groups excluding tert-OH is 1. The van der Waals surface area contributed by atoms with Gasteiger partial charge in [0.2, 0.25) is 0 Å². The van der Waals surface area contributed by atoms with Crippen molar-refractivity contribution in [3.8, 4) is 0 Å². The van der Waals surface area contributed by atoms with Gasteiger partial charge in [0.1, 0.15) is 13.2 Å². The van der Waals surface area contributed by atoms with Crippen LogP contribution in [0.3, 0.4) is 0 Å². The molecule has 0 aromatic carbocycles. The Morgan fingerprint density at radius 2 is 1.75 bits per heavy atom. The lowest BCUT2D eigenvalue weighted by molar-refractivity contribution is -0.144. The number of amides is 1. The third kappa shape index (κ3) is 15.2. The summed E-state index contributed by atoms with van der Waals surface area (Å²) in [6, 6.07) is 0. The second kappa shape index (κ2) is 13.7. The molecule has 1 N–H and O–H groups in total. The summed E-state index contributed by atoms with van der Waals surface area (Å²) in [5.74, 6) is -0.728. The molecule has 7 nitrogen and oxygen atoms in total. The van der Waals surface area contributed by atoms with Crippen LogP contribution in [0.25, 0.3) is 0 Å². The van der Waals surface area contributed by atoms with Crippen LogP contribution in [0.4, 0.5) is 0 Å². The Hall–Kier alpha value is -1.31. The van der Waals surface area contributed by atoms with Crippen LogP contribution in [0.5, 0.6) is 0 Å². The Morgan fingerprint density at radius 3 is 2.06 bits per heavy atom. The number of aliphatic imine (C=N–C) groups is 1. The van der Waals surface area contributed by atoms with Crippen molar-refractivity contribution in [3.05, 3.63) is 0 Å². The van der Waals surface area contributed by atoms with Gasteiger partial charge in [-0.1, -0.05) is 0 Å². The van der Waals surface area contributed by atoms with E-state index >= 15 is 0 Å². The Morgan fingerprint density at radius 1 is 1.19 bits per heavy atom. The molecule has 7 heteroatoms. The third-order valence-corrected chi connectivity index (χ3v) is 1.07. The van der Waals surface area contributed by atoms with Crippen LogP contribution in [0, 0.1) is 0 Å². The minimum absolute atomic E-state index is 0.0313. The fourth-order valence-electron chi connectivity index (χ4n) is 0.480. The second-order valence-corrected chi connectivity index (χ2v) is 2.33. The fraction of sp³-hybridized carbons (Fsp3) is 0.667. The van der Waals surface area contributed by atoms with E-state index in [1.165, 1.54) is 21.3 Å². The lowest BCUT2D eigenvalue weighted by Crippen LogP contribution is -2.07. The molecule has 0 aliphatic heterocycles. The summed E-state index contributed by atoms with van der Waals surface area (Å²) in [4.78, 5) is 23.7. The molecule has 94 valence electrons. The molecule has 0 radical (unpaired) electrons. The number of hydrogen-bond donors (Lipinski definition) is 1. The molecular formula is C9H17NO6. The average Bonchev–Trinajstić information content (AvgIpc) is 2.28. The Bertz CT molecular complexity index is 216. The first-order valence-electron chi connectivity index (χ1n) is 4.33. The molecule has 0 aromatic heterocycles. The van der Waals surface area contributed by atoms with Crippen molar-refractivity contribution in [3.63, 3.8) is 0 Å². The van der Waals surface area contributed by atoms with Gasteiger partial charge < -0.3 is 19.3 Å². The summed E-state index contributed by atoms with van der Waals surface area (Å²) in [6.07, 6.45) is 1.13. The van der Waals surface area contributed by atoms with Crippen molar-refractivity contribution in [1.82, 2.24) is 0 Å². The maximum atomic E-state index is 10.4. The van der Waals surface area contributed by atoms with Crippen molar-refractivity contribution < 1.29 is 28.9 Å². The van der Waals surface area contributed by atoms with E-state index in [1.54, 1.807) is 0 Å². The second-order valence-electron chi connectivity index (χ2n) is 2.33. The van der Waals surface area contributed by atoms with Gasteiger partial charge in [-0.3, -0.25) is 4.79 Å². The van der Waals surface area contributed by atoms with Gasteiger partial charge in [-0.2, -0.15) is 0 Å². The van der Waals surface area contributed by atoms with Crippen LogP contribution in [0.15, 0.2) is 4.99 Å². The molecular weight excluding hydrogens is 218 g/mol. The number of hydrogen-bond acceptors (Lipinski definition) is 6. The van der Waals surface area contributed by atoms with E-state index in [2.05, 4.69) is 19.2 Å². The lowest BCUT2D eigenvalue weighted by Gasteiger charge is -1.92. The highest BCUT2D eigenvalue weighted by molar-refractivity contribution is 5.85. The van der Waals surface area contributed by atoms with Gasteiger partial charge in [-0.05, 0) is 0 Å². The maximum Gasteiger partial charge on any atom is 0.331 e. The topological polar surface area (TPSA) is 94.4 Å². The van der Waals surface area contributed by atoms with Gasteiger partial charge in [0, 0.05) is 20.4 Å². The first-order chi connectivity index (χ1) is 7.62. The summed E-state index contributed by atoms with van der Waals surface area (Å²) in [5, 5.41) is 8.14. The van der Waals surface area contributed by atoms with Crippen LogP contribution < -0.4 is 0 Å². The number of nitrogens with zero attached hydrogens (tertiary/aromatic N) is 1. The maximum absolute atomic E-state index is 10.4. The molecule has 0 rings (SSSR count). The Labute approximate surface area is 94.0 Å². The minimum atomic E-state index is -0.383. The number of carbonyl (C=O) groups excluding carboxylic acids is 2. The first kappa shape index (κ1) is 17.1. The normalized spacial score (nSPS) is 9.50. The molecule has 0 aromatic rings. The number of methoxy groups -OCH3 is 3. The zero-order valence-corrected chi connectivity index (χ0v) is 9.63. The summed E-state index contributed by atoms with van der Waals surface area (Å²) >= 11 is 0. The summed E-state index contributed by atoms with van der Waals surface area (Å²) in [6.45, 7) is -0.206. The SMILES string of the molecule is COCC(=O)N=CCO.COCC(=O)OC. The van der Waals surface area contributed by atoms with E-state index in [0.717, 1.165) is 6.21 Å². The van der Waals surface area contributed by atoms with E-state index in [1.807, 2.05) is 0 Å². The lowest BCUT2D eigenvalue weighted by atomic mass is 10.6. The number of aliphatic hydroxyl groups is 1. The molecule has 0 saturated heterocycles. The van der Waals surface area contributed by atoms with Crippen molar-refractivity contribution >= 4 is 18.1 Å². The van der Waals surface area contributed by atoms with Gasteiger partial charge in [0.25, 0.3) is 5.91 Å². The van der Waals surface area contributed by atoms with Crippen molar-refractivity contribution in [2.45, 2.75) is 0 Å². The highest BCUT2D eigenvalue weighted by Gasteiger charge is 1.93. The summed E-state index contributed by atoms with van der Waals surface area (Å²) in [5.41, 5.74) is 0. The van der Waals surface area contributed by atoms with Crippen molar-refractivity contribution in [1.29, 1.82) is 0 Å². The number of ether oxygens (including phenoxy) is 3. The van der Waals surface area contributed by atoms with Gasteiger partial charge >= 0.3 is 5.97 Å². The standard InChI is InChI=1S/C5H9NO3.C4H8O3/c1-9-4-5(8)6-2-3-7;1-6-3-4(5)7-2/h2,7H,3-4H2,1H3;3H2,1-2H3. The van der Waals surface area contributed by atoms with Gasteiger partial charge in [0.05, 0.1) is 13.7 Å². The number of rotatable bonds is 5. The molecule has 16 heavy (non-hydrogen) atoms. The molecule has 0 bridgehead atoms. The zero-order chi connectivity index (χ0) is 12.8. The molecule has 0 heterocycles. The number of esters is 1. The highest BCUT2D eigenvalue weighted by Crippen LogP contribution is 1.73. The number of carbonyl (C=O) groups is 2. The fourth-order valence-corrected chi connectivity index (χ4v) is 0.480. The van der Waals surface area contributed by atoms with Gasteiger partial charge in [0.15, 0.2) is 0 Å². The molecule has 0 aliphatic carbocycles. The molecule has 0 unspecified atom stereocenters. The smallest absolute Gasteiger partial charge is 0.331 e. The van der Waals surface area contributed by atoms with Crippen LogP contribution in [-0.4, -0.2) is 64.3 Å². The molecule has 0 fully saturated rings. The molecule has 1 amide bonds. The predicted molar refractivity (Wildman–Crippen MR) is 56.4 cm³/mol. The summed E-state index contributed by atoms with van der Waals surface area (Å²) in [7, 11) is 4.17. The van der Waals surface area contributed by atoms with Crippen LogP contribution in [0.1, 0.15) is 0 Å². The van der Waals surface area contributed by atoms with Gasteiger partial charge in [-0.25, -0.2) is 9.79 Å². The van der Waals surface area contributed by atoms with Gasteiger partial charge in [-0.15, -0.1) is 0 Å². The van der Waals surface area contributed by atoms with Crippen LogP contribution >= 0.6 is 0 Å². The molecule has 0 spiro atoms. The zero-order valence-electron chi connectivity index (χ0n) is 9.63. The minimum Gasteiger partial charge on any atom is -0.467 e. The highest BCUT2D eigenvalue weighted by atomic mass is 16.6. The van der Waals surface area contributed by atoms with E-state index in [0.29, 0.717) is 0 Å². The van der Waals surface area contributed by atoms with E-state index in [-0.39, 0.29) is 31.7 Å². The van der Waals surface area contributed by atoms with Crippen LogP contribution in [-0.2, 0) is 23.8 Å². The van der Waals surface area contributed by atoms with E-state index < -0.39 is 0 Å². The Balaban J connectivity index is 0. The largest absolute Gasteiger partial charge is 0.467 e. The summed E-state index contributed by atoms with van der Waals surface area (Å²) < 4.78 is 13.1. The first-order valence-corrected chi connectivity index (χ1v) is 4.33. The molecule has 0 atom stereocenters. The quantitative estimate of drug-likeness (QED) is 0.486. The molecule has 0 saturated carbocycles. The molecule has 0 aliphatic rings. The monoisotopic (exact) mass is 235 g/mol. The Kier molecular flexibility index (Phi) is 14.6. The predicted octanol–water partition coefficient (Wildman–Crippen LogP) is -0.972. The van der Waals surface area contributed by atoms with Crippen molar-refractivity contribution in [2.24, 2.45) is 4.99 Å². The third-order valence-electron chi connectivity index (χ3n) is 1.07. The van der Waals surface area contributed by atoms with Crippen LogP contribution in [0.2, 0.25) is 0 Å².